The van der Waals surface area contributed by atoms with E-state index in [9.17, 15) is 9.59 Å². The van der Waals surface area contributed by atoms with E-state index in [2.05, 4.69) is 0 Å². The average Bonchev–Trinajstić information content (AvgIpc) is 2.98. The number of rotatable bonds is 7. The van der Waals surface area contributed by atoms with E-state index in [1.54, 1.807) is 18.2 Å². The summed E-state index contributed by atoms with van der Waals surface area (Å²) >= 11 is 0. The Morgan fingerprint density at radius 1 is 1.18 bits per heavy atom. The standard InChI is InChI=1S/C20H21N3O5/c21-19(25)18-15-7-6-14(27-9-8-24)10-16(15)17-11-22(18)20(26)23(17)28-12-13-4-2-1-3-5-13/h1-7,10,17-18,24H,8-9,11-12H2,(H2,21,25). The monoisotopic (exact) mass is 383 g/mol. The van der Waals surface area contributed by atoms with Gasteiger partial charge in [-0.2, -0.15) is 5.06 Å². The molecule has 0 saturated carbocycles. The second kappa shape index (κ2) is 7.49. The first-order valence-electron chi connectivity index (χ1n) is 9.03. The van der Waals surface area contributed by atoms with Crippen molar-refractivity contribution in [3.05, 3.63) is 65.2 Å². The fourth-order valence-electron chi connectivity index (χ4n) is 3.72. The molecule has 2 atom stereocenters. The maximum absolute atomic E-state index is 12.9. The van der Waals surface area contributed by atoms with Crippen molar-refractivity contribution in [1.82, 2.24) is 9.96 Å². The third-order valence-corrected chi connectivity index (χ3v) is 4.95. The molecule has 8 heteroatoms. The third kappa shape index (κ3) is 3.17. The zero-order chi connectivity index (χ0) is 19.7. The molecular weight excluding hydrogens is 362 g/mol. The van der Waals surface area contributed by atoms with Crippen LogP contribution in [0.5, 0.6) is 5.75 Å². The van der Waals surface area contributed by atoms with Gasteiger partial charge in [-0.1, -0.05) is 36.4 Å². The van der Waals surface area contributed by atoms with Crippen LogP contribution in [-0.4, -0.2) is 46.8 Å². The van der Waals surface area contributed by atoms with Gasteiger partial charge in [0.15, 0.2) is 0 Å². The number of nitrogens with two attached hydrogens (primary N) is 1. The van der Waals surface area contributed by atoms with E-state index in [1.165, 1.54) is 9.96 Å². The Bertz CT molecular complexity index is 889. The first-order chi connectivity index (χ1) is 13.6. The van der Waals surface area contributed by atoms with Gasteiger partial charge in [0, 0.05) is 0 Å². The number of amides is 3. The molecule has 146 valence electrons. The molecule has 28 heavy (non-hydrogen) atoms. The van der Waals surface area contributed by atoms with Crippen LogP contribution in [0, 0.1) is 0 Å². The van der Waals surface area contributed by atoms with Crippen molar-refractivity contribution in [3.63, 3.8) is 0 Å². The van der Waals surface area contributed by atoms with Crippen LogP contribution in [0.4, 0.5) is 4.79 Å². The van der Waals surface area contributed by atoms with Crippen LogP contribution >= 0.6 is 0 Å². The van der Waals surface area contributed by atoms with E-state index < -0.39 is 18.0 Å². The van der Waals surface area contributed by atoms with E-state index in [4.69, 9.17) is 20.4 Å². The Morgan fingerprint density at radius 2 is 1.96 bits per heavy atom. The number of aliphatic hydroxyl groups excluding tert-OH is 1. The highest BCUT2D eigenvalue weighted by molar-refractivity contribution is 5.90. The van der Waals surface area contributed by atoms with Crippen molar-refractivity contribution in [2.75, 3.05) is 19.8 Å². The molecule has 2 unspecified atom stereocenters. The summed E-state index contributed by atoms with van der Waals surface area (Å²) in [6.07, 6.45) is 0. The van der Waals surface area contributed by atoms with Crippen LogP contribution in [-0.2, 0) is 16.2 Å². The third-order valence-electron chi connectivity index (χ3n) is 4.95. The minimum Gasteiger partial charge on any atom is -0.491 e. The van der Waals surface area contributed by atoms with E-state index in [0.29, 0.717) is 17.9 Å². The lowest BCUT2D eigenvalue weighted by atomic mass is 9.90. The number of carbonyl (C=O) groups excluding carboxylic acids is 2. The highest BCUT2D eigenvalue weighted by atomic mass is 16.7. The van der Waals surface area contributed by atoms with E-state index in [-0.39, 0.29) is 25.9 Å². The van der Waals surface area contributed by atoms with Gasteiger partial charge in [0.05, 0.1) is 13.2 Å². The van der Waals surface area contributed by atoms with Crippen LogP contribution in [0.2, 0.25) is 0 Å². The zero-order valence-corrected chi connectivity index (χ0v) is 15.2. The van der Waals surface area contributed by atoms with Crippen LogP contribution in [0.15, 0.2) is 48.5 Å². The minimum atomic E-state index is -0.851. The number of fused-ring (bicyclic) bond motifs is 4. The molecule has 2 bridgehead atoms. The van der Waals surface area contributed by atoms with Crippen LogP contribution < -0.4 is 10.5 Å². The molecule has 2 aliphatic heterocycles. The topological polar surface area (TPSA) is 105 Å². The largest absolute Gasteiger partial charge is 0.491 e. The highest BCUT2D eigenvalue weighted by Crippen LogP contribution is 2.45. The molecular formula is C20H21N3O5. The summed E-state index contributed by atoms with van der Waals surface area (Å²) in [6, 6.07) is 13.1. The number of hydrogen-bond acceptors (Lipinski definition) is 5. The summed E-state index contributed by atoms with van der Waals surface area (Å²) in [5, 5.41) is 10.3. The van der Waals surface area contributed by atoms with Crippen molar-refractivity contribution in [1.29, 1.82) is 0 Å². The summed E-state index contributed by atoms with van der Waals surface area (Å²) in [6.45, 7) is 0.580. The molecule has 8 nitrogen and oxygen atoms in total. The van der Waals surface area contributed by atoms with Crippen molar-refractivity contribution in [2.24, 2.45) is 5.73 Å². The van der Waals surface area contributed by atoms with Crippen molar-refractivity contribution >= 4 is 11.9 Å². The number of carbonyl (C=O) groups is 2. The van der Waals surface area contributed by atoms with Crippen LogP contribution in [0.3, 0.4) is 0 Å². The fourth-order valence-corrected chi connectivity index (χ4v) is 3.72. The van der Waals surface area contributed by atoms with Crippen LogP contribution in [0.25, 0.3) is 0 Å². The Hall–Kier alpha value is -3.10. The normalized spacial score (nSPS) is 20.2. The lowest BCUT2D eigenvalue weighted by molar-refractivity contribution is -0.141. The van der Waals surface area contributed by atoms with Crippen molar-refractivity contribution in [2.45, 2.75) is 18.7 Å². The lowest BCUT2D eigenvalue weighted by Crippen LogP contribution is -2.41. The number of aliphatic hydroxyl groups is 1. The smallest absolute Gasteiger partial charge is 0.345 e. The molecule has 1 saturated heterocycles. The summed E-state index contributed by atoms with van der Waals surface area (Å²) < 4.78 is 5.49. The number of primary amides is 1. The summed E-state index contributed by atoms with van der Waals surface area (Å²) in [7, 11) is 0. The van der Waals surface area contributed by atoms with Crippen molar-refractivity contribution < 1.29 is 24.3 Å². The Kier molecular flexibility index (Phi) is 4.89. The van der Waals surface area contributed by atoms with Gasteiger partial charge >= 0.3 is 6.03 Å². The molecule has 0 spiro atoms. The first-order valence-corrected chi connectivity index (χ1v) is 9.03. The van der Waals surface area contributed by atoms with Crippen molar-refractivity contribution in [3.8, 4) is 5.75 Å². The highest BCUT2D eigenvalue weighted by Gasteiger charge is 2.50. The van der Waals surface area contributed by atoms with Gasteiger partial charge in [-0.25, -0.2) is 4.79 Å². The number of ether oxygens (including phenoxy) is 1. The Labute approximate surface area is 162 Å². The summed E-state index contributed by atoms with van der Waals surface area (Å²) in [4.78, 5) is 32.3. The second-order valence-electron chi connectivity index (χ2n) is 6.70. The quantitative estimate of drug-likeness (QED) is 0.754. The molecule has 4 rings (SSSR count). The maximum Gasteiger partial charge on any atom is 0.345 e. The molecule has 2 aromatic carbocycles. The molecule has 3 amide bonds. The van der Waals surface area contributed by atoms with E-state index in [0.717, 1.165) is 11.1 Å². The molecule has 0 radical (unpaired) electrons. The molecule has 2 heterocycles. The van der Waals surface area contributed by atoms with Gasteiger partial charge < -0.3 is 20.5 Å². The van der Waals surface area contributed by atoms with Gasteiger partial charge in [-0.15, -0.1) is 0 Å². The lowest BCUT2D eigenvalue weighted by Gasteiger charge is -2.31. The molecule has 2 aromatic rings. The van der Waals surface area contributed by atoms with Gasteiger partial charge in [-0.05, 0) is 28.8 Å². The predicted molar refractivity (Wildman–Crippen MR) is 98.9 cm³/mol. The number of hydrogen-bond donors (Lipinski definition) is 2. The Balaban J connectivity index is 1.65. The molecule has 2 aliphatic rings. The number of hydroxylamine groups is 2. The molecule has 1 fully saturated rings. The number of nitrogens with zero attached hydrogens (tertiary/aromatic N) is 2. The summed E-state index contributed by atoms with van der Waals surface area (Å²) in [5.74, 6) is -0.0474. The SMILES string of the molecule is NC(=O)C1c2ccc(OCCO)cc2C2CN1C(=O)N2OCc1ccccc1. The average molecular weight is 383 g/mol. The molecule has 3 N–H and O–H groups in total. The van der Waals surface area contributed by atoms with E-state index >= 15 is 0 Å². The fraction of sp³-hybridized carbons (Fsp3) is 0.300. The molecule has 0 aromatic heterocycles. The van der Waals surface area contributed by atoms with Crippen LogP contribution in [0.1, 0.15) is 28.8 Å². The summed E-state index contributed by atoms with van der Waals surface area (Å²) in [5.41, 5.74) is 7.95. The number of benzene rings is 2. The van der Waals surface area contributed by atoms with Gasteiger partial charge in [0.25, 0.3) is 0 Å². The minimum absolute atomic E-state index is 0.108. The zero-order valence-electron chi connectivity index (χ0n) is 15.2. The van der Waals surface area contributed by atoms with Gasteiger partial charge in [-0.3, -0.25) is 9.63 Å². The number of urea groups is 1. The van der Waals surface area contributed by atoms with Gasteiger partial charge in [0.2, 0.25) is 5.91 Å². The first kappa shape index (κ1) is 18.3. The second-order valence-corrected chi connectivity index (χ2v) is 6.70. The predicted octanol–water partition coefficient (Wildman–Crippen LogP) is 1.51. The Morgan fingerprint density at radius 3 is 2.68 bits per heavy atom. The maximum atomic E-state index is 12.9. The van der Waals surface area contributed by atoms with E-state index in [1.807, 2.05) is 30.3 Å². The molecule has 0 aliphatic carbocycles. The van der Waals surface area contributed by atoms with Gasteiger partial charge in [0.1, 0.15) is 31.0 Å².